The van der Waals surface area contributed by atoms with Gasteiger partial charge in [0.05, 0.1) is 19.6 Å². The van der Waals surface area contributed by atoms with Gasteiger partial charge in [0.2, 0.25) is 5.91 Å². The number of rotatable bonds is 10. The minimum absolute atomic E-state index is 0.108. The van der Waals surface area contributed by atoms with E-state index in [0.29, 0.717) is 37.9 Å². The highest BCUT2D eigenvalue weighted by molar-refractivity contribution is 5.95. The number of methoxy groups -OCH3 is 1. The number of ether oxygens (including phenoxy) is 2. The number of benzene rings is 1. The molecule has 0 aliphatic carbocycles. The number of carbonyl (C=O) groups is 4. The van der Waals surface area contributed by atoms with Gasteiger partial charge in [0.15, 0.2) is 0 Å². The van der Waals surface area contributed by atoms with Crippen molar-refractivity contribution in [2.75, 3.05) is 20.2 Å². The molecule has 3 amide bonds. The lowest BCUT2D eigenvalue weighted by atomic mass is 9.97. The Morgan fingerprint density at radius 1 is 1.17 bits per heavy atom. The summed E-state index contributed by atoms with van der Waals surface area (Å²) in [7, 11) is 1.27. The van der Waals surface area contributed by atoms with Gasteiger partial charge >= 0.3 is 12.1 Å². The van der Waals surface area contributed by atoms with Gasteiger partial charge in [-0.25, -0.2) is 4.79 Å². The molecule has 0 spiro atoms. The van der Waals surface area contributed by atoms with Crippen molar-refractivity contribution < 1.29 is 28.7 Å². The molecule has 10 heteroatoms. The predicted molar refractivity (Wildman–Crippen MR) is 131 cm³/mol. The molecule has 1 unspecified atom stereocenters. The summed E-state index contributed by atoms with van der Waals surface area (Å²) in [6.45, 7) is 8.02. The van der Waals surface area contributed by atoms with Crippen LogP contribution in [-0.4, -0.2) is 67.8 Å². The van der Waals surface area contributed by atoms with E-state index < -0.39 is 23.7 Å². The second-order valence-corrected chi connectivity index (χ2v) is 9.67. The van der Waals surface area contributed by atoms with E-state index in [4.69, 9.17) is 4.74 Å². The Balaban J connectivity index is 1.94. The van der Waals surface area contributed by atoms with Crippen LogP contribution in [0, 0.1) is 6.92 Å². The van der Waals surface area contributed by atoms with Gasteiger partial charge in [0.25, 0.3) is 5.91 Å². The van der Waals surface area contributed by atoms with Crippen molar-refractivity contribution >= 4 is 23.9 Å². The average molecular weight is 491 g/mol. The van der Waals surface area contributed by atoms with Gasteiger partial charge < -0.3 is 25.4 Å². The monoisotopic (exact) mass is 490 g/mol. The van der Waals surface area contributed by atoms with Crippen LogP contribution < -0.4 is 21.3 Å². The molecule has 3 atom stereocenters. The molecule has 0 bridgehead atoms. The summed E-state index contributed by atoms with van der Waals surface area (Å²) in [4.78, 5) is 48.8. The number of amides is 3. The number of nitrogens with one attached hydrogen (secondary N) is 4. The molecular formula is C25H38N4O6. The Bertz CT molecular complexity index is 898. The second kappa shape index (κ2) is 13.1. The van der Waals surface area contributed by atoms with Crippen molar-refractivity contribution in [3.63, 3.8) is 0 Å². The van der Waals surface area contributed by atoms with Crippen molar-refractivity contribution in [2.45, 2.75) is 77.1 Å². The molecule has 1 heterocycles. The van der Waals surface area contributed by atoms with Crippen LogP contribution in [-0.2, 0) is 19.1 Å². The molecular weight excluding hydrogens is 452 g/mol. The van der Waals surface area contributed by atoms with Crippen LogP contribution in [0.4, 0.5) is 4.79 Å². The number of esters is 1. The number of aryl methyl sites for hydroxylation is 1. The number of hydrogen-bond donors (Lipinski definition) is 4. The number of alkyl carbamates (subject to hydrolysis) is 1. The molecule has 1 aromatic carbocycles. The molecule has 194 valence electrons. The maximum absolute atomic E-state index is 12.5. The normalized spacial score (nSPS) is 18.7. The number of unbranched alkanes of at least 4 members (excludes halogenated alkanes) is 1. The molecule has 2 rings (SSSR count). The quantitative estimate of drug-likeness (QED) is 0.290. The van der Waals surface area contributed by atoms with E-state index in [1.165, 1.54) is 7.11 Å². The van der Waals surface area contributed by atoms with Gasteiger partial charge in [-0.15, -0.1) is 0 Å². The smallest absolute Gasteiger partial charge is 0.407 e. The van der Waals surface area contributed by atoms with Crippen molar-refractivity contribution in [1.29, 1.82) is 0 Å². The third-order valence-corrected chi connectivity index (χ3v) is 5.63. The lowest BCUT2D eigenvalue weighted by Crippen LogP contribution is -2.65. The Morgan fingerprint density at radius 3 is 2.54 bits per heavy atom. The first-order valence-corrected chi connectivity index (χ1v) is 11.9. The highest BCUT2D eigenvalue weighted by Gasteiger charge is 2.35. The van der Waals surface area contributed by atoms with Gasteiger partial charge in [0.1, 0.15) is 5.60 Å². The third kappa shape index (κ3) is 9.56. The number of piperazine rings is 1. The van der Waals surface area contributed by atoms with Crippen LogP contribution in [0.15, 0.2) is 24.3 Å². The summed E-state index contributed by atoms with van der Waals surface area (Å²) in [5.74, 6) is -0.908. The zero-order chi connectivity index (χ0) is 26.0. The minimum Gasteiger partial charge on any atom is -0.469 e. The van der Waals surface area contributed by atoms with Gasteiger partial charge in [0, 0.05) is 30.7 Å². The molecule has 1 aliphatic heterocycles. The van der Waals surface area contributed by atoms with Crippen LogP contribution in [0.1, 0.15) is 62.4 Å². The fourth-order valence-corrected chi connectivity index (χ4v) is 3.83. The van der Waals surface area contributed by atoms with Crippen molar-refractivity contribution in [2.24, 2.45) is 0 Å². The van der Waals surface area contributed by atoms with Gasteiger partial charge in [-0.1, -0.05) is 18.2 Å². The van der Waals surface area contributed by atoms with Crippen LogP contribution in [0.3, 0.4) is 0 Å². The molecule has 0 radical (unpaired) electrons. The van der Waals surface area contributed by atoms with Crippen molar-refractivity contribution in [3.05, 3.63) is 35.4 Å². The summed E-state index contributed by atoms with van der Waals surface area (Å²) in [6.07, 6.45) is 1.33. The Hall–Kier alpha value is -3.14. The van der Waals surface area contributed by atoms with Crippen LogP contribution in [0.2, 0.25) is 0 Å². The molecule has 1 aliphatic rings. The van der Waals surface area contributed by atoms with E-state index in [-0.39, 0.29) is 30.3 Å². The second-order valence-electron chi connectivity index (χ2n) is 9.67. The van der Waals surface area contributed by atoms with E-state index in [0.717, 1.165) is 5.56 Å². The first-order chi connectivity index (χ1) is 16.5. The van der Waals surface area contributed by atoms with E-state index in [9.17, 15) is 19.2 Å². The largest absolute Gasteiger partial charge is 0.469 e. The zero-order valence-corrected chi connectivity index (χ0v) is 21.2. The molecule has 4 N–H and O–H groups in total. The fourth-order valence-electron chi connectivity index (χ4n) is 3.83. The van der Waals surface area contributed by atoms with E-state index in [1.54, 1.807) is 26.8 Å². The topological polar surface area (TPSA) is 135 Å². The number of carbonyl (C=O) groups excluding carboxylic acids is 4. The van der Waals surface area contributed by atoms with E-state index in [2.05, 4.69) is 26.0 Å². The van der Waals surface area contributed by atoms with E-state index in [1.807, 2.05) is 25.1 Å². The highest BCUT2D eigenvalue weighted by atomic mass is 16.6. The van der Waals surface area contributed by atoms with Crippen LogP contribution in [0.5, 0.6) is 0 Å². The predicted octanol–water partition coefficient (Wildman–Crippen LogP) is 1.81. The maximum atomic E-state index is 12.5. The molecule has 10 nitrogen and oxygen atoms in total. The molecule has 1 aromatic rings. The SMILES string of the molecule is COC(=O)C[C@@H]1NC([C@H](CCCCNC(=O)c2ccccc2C)NC(=O)OC(C)(C)C)CNC1=O. The maximum Gasteiger partial charge on any atom is 0.407 e. The van der Waals surface area contributed by atoms with Crippen molar-refractivity contribution in [1.82, 2.24) is 21.3 Å². The average Bonchev–Trinajstić information content (AvgIpc) is 2.78. The Kier molecular flexibility index (Phi) is 10.5. The Labute approximate surface area is 206 Å². The molecule has 1 saturated heterocycles. The summed E-state index contributed by atoms with van der Waals surface area (Å²) in [5.41, 5.74) is 0.908. The van der Waals surface area contributed by atoms with Crippen LogP contribution in [0.25, 0.3) is 0 Å². The highest BCUT2D eigenvalue weighted by Crippen LogP contribution is 2.13. The summed E-state index contributed by atoms with van der Waals surface area (Å²) in [5, 5.41) is 11.8. The lowest BCUT2D eigenvalue weighted by molar-refractivity contribution is -0.143. The minimum atomic E-state index is -0.752. The number of hydrogen-bond acceptors (Lipinski definition) is 7. The summed E-state index contributed by atoms with van der Waals surface area (Å²) < 4.78 is 10.1. The zero-order valence-electron chi connectivity index (χ0n) is 21.2. The van der Waals surface area contributed by atoms with Gasteiger partial charge in [-0.2, -0.15) is 0 Å². The summed E-state index contributed by atoms with van der Waals surface area (Å²) in [6, 6.07) is 5.98. The fraction of sp³-hybridized carbons (Fsp3) is 0.600. The van der Waals surface area contributed by atoms with Crippen molar-refractivity contribution in [3.8, 4) is 0 Å². The van der Waals surface area contributed by atoms with Gasteiger partial charge in [-0.3, -0.25) is 19.7 Å². The van der Waals surface area contributed by atoms with Crippen LogP contribution >= 0.6 is 0 Å². The molecule has 0 aromatic heterocycles. The summed E-state index contributed by atoms with van der Waals surface area (Å²) >= 11 is 0. The Morgan fingerprint density at radius 2 is 1.89 bits per heavy atom. The first-order valence-electron chi connectivity index (χ1n) is 11.9. The first kappa shape index (κ1) is 28.1. The third-order valence-electron chi connectivity index (χ3n) is 5.63. The lowest BCUT2D eigenvalue weighted by Gasteiger charge is -2.36. The molecule has 0 saturated carbocycles. The van der Waals surface area contributed by atoms with E-state index >= 15 is 0 Å². The standard InChI is InChI=1S/C25H38N4O6/c1-16-10-6-7-11-17(16)22(31)26-13-9-8-12-18(29-24(33)35-25(2,3)4)20-15-27-23(32)19(28-20)14-21(30)34-5/h6-7,10-11,18-20,28H,8-9,12-15H2,1-5H3,(H,26,31)(H,27,32)(H,29,33)/t18-,19-,20?/m0/s1. The molecule has 35 heavy (non-hydrogen) atoms. The van der Waals surface area contributed by atoms with Gasteiger partial charge in [-0.05, 0) is 58.6 Å². The molecule has 1 fully saturated rings.